The van der Waals surface area contributed by atoms with E-state index in [9.17, 15) is 14.7 Å². The van der Waals surface area contributed by atoms with E-state index in [4.69, 9.17) is 0 Å². The molecule has 0 saturated carbocycles. The van der Waals surface area contributed by atoms with Crippen molar-refractivity contribution in [1.29, 1.82) is 0 Å². The molecule has 1 rings (SSSR count). The van der Waals surface area contributed by atoms with Gasteiger partial charge in [-0.05, 0) is 20.3 Å². The third-order valence-electron chi connectivity index (χ3n) is 2.33. The number of nitrogens with one attached hydrogen (secondary N) is 2. The lowest BCUT2D eigenvalue weighted by atomic mass is 9.98. The summed E-state index contributed by atoms with van der Waals surface area (Å²) in [4.78, 5) is 22.4. The minimum absolute atomic E-state index is 0.00142. The smallest absolute Gasteiger partial charge is 0.225 e. The second-order valence-electron chi connectivity index (χ2n) is 4.57. The summed E-state index contributed by atoms with van der Waals surface area (Å²) in [6.45, 7) is 3.90. The minimum Gasteiger partial charge on any atom is -0.389 e. The number of aliphatic hydroxyl groups is 1. The van der Waals surface area contributed by atoms with Gasteiger partial charge in [0, 0.05) is 19.5 Å². The summed E-state index contributed by atoms with van der Waals surface area (Å²) in [5.74, 6) is -0.260. The molecule has 0 aromatic heterocycles. The van der Waals surface area contributed by atoms with Crippen LogP contribution in [0.25, 0.3) is 0 Å². The predicted molar refractivity (Wildman–Crippen MR) is 55.0 cm³/mol. The first-order valence-electron chi connectivity index (χ1n) is 5.15. The zero-order chi connectivity index (χ0) is 11.5. The Kier molecular flexibility index (Phi) is 3.68. The fraction of sp³-hybridized carbons (Fsp3) is 0.800. The van der Waals surface area contributed by atoms with Crippen molar-refractivity contribution in [3.05, 3.63) is 0 Å². The maximum Gasteiger partial charge on any atom is 0.225 e. The van der Waals surface area contributed by atoms with Gasteiger partial charge in [-0.2, -0.15) is 0 Å². The molecule has 1 aliphatic heterocycles. The van der Waals surface area contributed by atoms with Crippen molar-refractivity contribution in [3.63, 3.8) is 0 Å². The van der Waals surface area contributed by atoms with Gasteiger partial charge in [-0.25, -0.2) is 0 Å². The predicted octanol–water partition coefficient (Wildman–Crippen LogP) is -0.600. The topological polar surface area (TPSA) is 78.4 Å². The summed E-state index contributed by atoms with van der Waals surface area (Å²) in [5, 5.41) is 14.7. The standard InChI is InChI=1S/C10H18N2O3/c1-10(2,15)6-12-9(14)7-3-4-8(13)11-5-7/h7,15H,3-6H2,1-2H3,(H,11,13)(H,12,14). The molecule has 1 atom stereocenters. The van der Waals surface area contributed by atoms with Gasteiger partial charge in [0.05, 0.1) is 11.5 Å². The van der Waals surface area contributed by atoms with Crippen LogP contribution in [0.2, 0.25) is 0 Å². The van der Waals surface area contributed by atoms with E-state index in [0.29, 0.717) is 19.4 Å². The van der Waals surface area contributed by atoms with Gasteiger partial charge in [-0.3, -0.25) is 9.59 Å². The molecule has 2 amide bonds. The zero-order valence-electron chi connectivity index (χ0n) is 9.17. The van der Waals surface area contributed by atoms with E-state index in [0.717, 1.165) is 0 Å². The van der Waals surface area contributed by atoms with Crippen LogP contribution in [0.3, 0.4) is 0 Å². The van der Waals surface area contributed by atoms with Crippen molar-refractivity contribution in [3.8, 4) is 0 Å². The van der Waals surface area contributed by atoms with Crippen LogP contribution in [0.1, 0.15) is 26.7 Å². The van der Waals surface area contributed by atoms with E-state index < -0.39 is 5.60 Å². The van der Waals surface area contributed by atoms with Crippen LogP contribution in [0.4, 0.5) is 0 Å². The van der Waals surface area contributed by atoms with E-state index in [2.05, 4.69) is 10.6 Å². The molecule has 0 aromatic carbocycles. The van der Waals surface area contributed by atoms with Gasteiger partial charge >= 0.3 is 0 Å². The zero-order valence-corrected chi connectivity index (χ0v) is 9.17. The largest absolute Gasteiger partial charge is 0.389 e. The number of piperidine rings is 1. The lowest BCUT2D eigenvalue weighted by molar-refractivity contribution is -0.129. The molecule has 0 spiro atoms. The van der Waals surface area contributed by atoms with Crippen LogP contribution in [-0.2, 0) is 9.59 Å². The Bertz CT molecular complexity index is 248. The van der Waals surface area contributed by atoms with Crippen LogP contribution >= 0.6 is 0 Å². The van der Waals surface area contributed by atoms with Gasteiger partial charge in [0.1, 0.15) is 0 Å². The number of hydrogen-bond donors (Lipinski definition) is 3. The molecule has 1 aliphatic rings. The van der Waals surface area contributed by atoms with Gasteiger partial charge in [0.15, 0.2) is 0 Å². The Morgan fingerprint density at radius 2 is 2.33 bits per heavy atom. The second-order valence-corrected chi connectivity index (χ2v) is 4.57. The first-order valence-corrected chi connectivity index (χ1v) is 5.15. The van der Waals surface area contributed by atoms with Gasteiger partial charge < -0.3 is 15.7 Å². The van der Waals surface area contributed by atoms with Crippen molar-refractivity contribution >= 4 is 11.8 Å². The SMILES string of the molecule is CC(C)(O)CNC(=O)C1CCC(=O)NC1. The van der Waals surface area contributed by atoms with Crippen LogP contribution in [0.15, 0.2) is 0 Å². The van der Waals surface area contributed by atoms with E-state index >= 15 is 0 Å². The number of carbonyl (C=O) groups excluding carboxylic acids is 2. The van der Waals surface area contributed by atoms with E-state index in [-0.39, 0.29) is 24.3 Å². The highest BCUT2D eigenvalue weighted by molar-refractivity contribution is 5.83. The summed E-state index contributed by atoms with van der Waals surface area (Å²) in [6.07, 6.45) is 0.990. The summed E-state index contributed by atoms with van der Waals surface area (Å²) < 4.78 is 0. The molecule has 0 bridgehead atoms. The molecule has 1 fully saturated rings. The molecule has 0 aliphatic carbocycles. The number of rotatable bonds is 3. The highest BCUT2D eigenvalue weighted by Crippen LogP contribution is 2.11. The molecule has 0 aromatic rings. The Balaban J connectivity index is 2.31. The van der Waals surface area contributed by atoms with Gasteiger partial charge in [0.2, 0.25) is 11.8 Å². The Morgan fingerprint density at radius 3 is 2.80 bits per heavy atom. The number of hydrogen-bond acceptors (Lipinski definition) is 3. The van der Waals surface area contributed by atoms with Gasteiger partial charge in [-0.15, -0.1) is 0 Å². The molecule has 0 radical (unpaired) electrons. The van der Waals surface area contributed by atoms with Crippen molar-refractivity contribution in [2.75, 3.05) is 13.1 Å². The fourth-order valence-electron chi connectivity index (χ4n) is 1.40. The first-order chi connectivity index (χ1) is 6.88. The molecule has 15 heavy (non-hydrogen) atoms. The molecule has 1 saturated heterocycles. The molecule has 3 N–H and O–H groups in total. The van der Waals surface area contributed by atoms with E-state index in [1.54, 1.807) is 13.8 Å². The third kappa shape index (κ3) is 4.29. The van der Waals surface area contributed by atoms with Crippen molar-refractivity contribution in [2.24, 2.45) is 5.92 Å². The van der Waals surface area contributed by atoms with E-state index in [1.807, 2.05) is 0 Å². The van der Waals surface area contributed by atoms with Gasteiger partial charge in [-0.1, -0.05) is 0 Å². The number of carbonyl (C=O) groups is 2. The van der Waals surface area contributed by atoms with Crippen molar-refractivity contribution in [2.45, 2.75) is 32.3 Å². The Morgan fingerprint density at radius 1 is 1.67 bits per heavy atom. The molecule has 5 heteroatoms. The maximum atomic E-state index is 11.6. The van der Waals surface area contributed by atoms with Crippen molar-refractivity contribution in [1.82, 2.24) is 10.6 Å². The average Bonchev–Trinajstić information content (AvgIpc) is 2.14. The Hall–Kier alpha value is -1.10. The molecular formula is C10H18N2O3. The molecule has 86 valence electrons. The van der Waals surface area contributed by atoms with E-state index in [1.165, 1.54) is 0 Å². The van der Waals surface area contributed by atoms with Crippen LogP contribution in [-0.4, -0.2) is 35.6 Å². The Labute approximate surface area is 89.2 Å². The molecule has 1 unspecified atom stereocenters. The highest BCUT2D eigenvalue weighted by Gasteiger charge is 2.25. The van der Waals surface area contributed by atoms with Crippen LogP contribution in [0.5, 0.6) is 0 Å². The van der Waals surface area contributed by atoms with Crippen LogP contribution < -0.4 is 10.6 Å². The summed E-state index contributed by atoms with van der Waals surface area (Å²) in [6, 6.07) is 0. The summed E-state index contributed by atoms with van der Waals surface area (Å²) in [7, 11) is 0. The monoisotopic (exact) mass is 214 g/mol. The summed E-state index contributed by atoms with van der Waals surface area (Å²) >= 11 is 0. The molecule has 5 nitrogen and oxygen atoms in total. The molecule has 1 heterocycles. The lowest BCUT2D eigenvalue weighted by Crippen LogP contribution is -2.46. The lowest BCUT2D eigenvalue weighted by Gasteiger charge is -2.24. The summed E-state index contributed by atoms with van der Waals surface area (Å²) in [5.41, 5.74) is -0.895. The van der Waals surface area contributed by atoms with Gasteiger partial charge in [0.25, 0.3) is 0 Å². The highest BCUT2D eigenvalue weighted by atomic mass is 16.3. The number of amides is 2. The first kappa shape index (κ1) is 12.0. The molecular weight excluding hydrogens is 196 g/mol. The maximum absolute atomic E-state index is 11.6. The average molecular weight is 214 g/mol. The fourth-order valence-corrected chi connectivity index (χ4v) is 1.40. The van der Waals surface area contributed by atoms with Crippen LogP contribution in [0, 0.1) is 5.92 Å². The van der Waals surface area contributed by atoms with Crippen molar-refractivity contribution < 1.29 is 14.7 Å². The second kappa shape index (κ2) is 4.61. The third-order valence-corrected chi connectivity index (χ3v) is 2.33. The minimum atomic E-state index is -0.895. The normalized spacial score (nSPS) is 22.1. The quantitative estimate of drug-likeness (QED) is 0.587.